The summed E-state index contributed by atoms with van der Waals surface area (Å²) >= 11 is 0. The van der Waals surface area contributed by atoms with Crippen LogP contribution in [0.2, 0.25) is 0 Å². The van der Waals surface area contributed by atoms with Gasteiger partial charge in [-0.05, 0) is 49.9 Å². The lowest BCUT2D eigenvalue weighted by Crippen LogP contribution is -2.36. The van der Waals surface area contributed by atoms with E-state index in [2.05, 4.69) is 5.32 Å². The molecule has 2 aromatic rings. The molecule has 1 heterocycles. The fourth-order valence-electron chi connectivity index (χ4n) is 4.85. The van der Waals surface area contributed by atoms with Crippen LogP contribution in [0.5, 0.6) is 11.5 Å². The van der Waals surface area contributed by atoms with Crippen molar-refractivity contribution in [1.29, 1.82) is 0 Å². The second-order valence-corrected chi connectivity index (χ2v) is 8.25. The molecule has 4 rings (SSSR count). The number of ketones is 1. The second-order valence-electron chi connectivity index (χ2n) is 8.25. The summed E-state index contributed by atoms with van der Waals surface area (Å²) in [5, 5.41) is 3.37. The van der Waals surface area contributed by atoms with Crippen LogP contribution in [0, 0.1) is 0 Å². The van der Waals surface area contributed by atoms with E-state index in [-0.39, 0.29) is 18.3 Å². The Bertz CT molecular complexity index is 1130. The average Bonchev–Trinajstić information content (AvgIpc) is 2.83. The van der Waals surface area contributed by atoms with E-state index in [0.29, 0.717) is 35.4 Å². The van der Waals surface area contributed by atoms with E-state index in [1.165, 1.54) is 0 Å². The van der Waals surface area contributed by atoms with Gasteiger partial charge in [0.2, 0.25) is 0 Å². The monoisotopic (exact) mass is 447 g/mol. The van der Waals surface area contributed by atoms with Gasteiger partial charge in [0.05, 0.1) is 32.3 Å². The van der Waals surface area contributed by atoms with Gasteiger partial charge in [-0.2, -0.15) is 0 Å². The number of carbonyl (C=O) groups excluding carboxylic acids is 2. The normalized spacial score (nSPS) is 20.2. The van der Waals surface area contributed by atoms with Crippen molar-refractivity contribution in [2.24, 2.45) is 0 Å². The van der Waals surface area contributed by atoms with Gasteiger partial charge >= 0.3 is 5.97 Å². The van der Waals surface area contributed by atoms with Crippen molar-refractivity contribution in [2.75, 3.05) is 20.8 Å². The summed E-state index contributed by atoms with van der Waals surface area (Å²) in [5.41, 5.74) is 4.51. The van der Waals surface area contributed by atoms with Crippen LogP contribution in [0.15, 0.2) is 71.1 Å². The zero-order chi connectivity index (χ0) is 23.5. The maximum absolute atomic E-state index is 13.6. The first-order chi connectivity index (χ1) is 16.0. The molecule has 0 amide bonds. The third-order valence-corrected chi connectivity index (χ3v) is 6.36. The Morgan fingerprint density at radius 1 is 1.03 bits per heavy atom. The molecule has 0 aromatic heterocycles. The number of carbonyl (C=O) groups is 2. The molecule has 0 fully saturated rings. The van der Waals surface area contributed by atoms with Gasteiger partial charge in [-0.3, -0.25) is 4.79 Å². The number of methoxy groups -OCH3 is 2. The zero-order valence-electron chi connectivity index (χ0n) is 19.4. The fraction of sp³-hybridized carbons (Fsp3) is 0.333. The SMILES string of the molecule is CCOC(=O)C1=C(C)NC2=C(C(=O)CC(c3ccc(OC)cc3)C2)C1c1ccccc1OC. The molecule has 2 aromatic carbocycles. The summed E-state index contributed by atoms with van der Waals surface area (Å²) in [6.07, 6.45) is 1.04. The number of nitrogens with one attached hydrogen (secondary N) is 1. The van der Waals surface area contributed by atoms with Gasteiger partial charge in [0.25, 0.3) is 0 Å². The van der Waals surface area contributed by atoms with Crippen LogP contribution in [0.4, 0.5) is 0 Å². The van der Waals surface area contributed by atoms with Crippen LogP contribution in [-0.2, 0) is 14.3 Å². The van der Waals surface area contributed by atoms with Crippen LogP contribution in [0.1, 0.15) is 49.7 Å². The van der Waals surface area contributed by atoms with E-state index >= 15 is 0 Å². The number of hydrogen-bond acceptors (Lipinski definition) is 6. The van der Waals surface area contributed by atoms with Crippen LogP contribution in [-0.4, -0.2) is 32.6 Å². The molecule has 6 heteroatoms. The molecule has 2 aliphatic rings. The number of benzene rings is 2. The molecule has 172 valence electrons. The molecule has 2 unspecified atom stereocenters. The zero-order valence-corrected chi connectivity index (χ0v) is 19.4. The quantitative estimate of drug-likeness (QED) is 0.651. The molecular formula is C27H29NO5. The van der Waals surface area contributed by atoms with Crippen molar-refractivity contribution < 1.29 is 23.8 Å². The van der Waals surface area contributed by atoms with Crippen molar-refractivity contribution in [1.82, 2.24) is 5.32 Å². The van der Waals surface area contributed by atoms with E-state index in [0.717, 1.165) is 22.6 Å². The van der Waals surface area contributed by atoms with Gasteiger partial charge in [0.1, 0.15) is 11.5 Å². The smallest absolute Gasteiger partial charge is 0.336 e. The number of rotatable bonds is 6. The molecule has 33 heavy (non-hydrogen) atoms. The summed E-state index contributed by atoms with van der Waals surface area (Å²) in [6, 6.07) is 15.4. The standard InChI is InChI=1S/C27H29NO5/c1-5-33-27(30)24-16(2)28-21-14-18(17-10-12-19(31-3)13-11-17)15-22(29)26(21)25(24)20-8-6-7-9-23(20)32-4/h6-13,18,25,28H,5,14-15H2,1-4H3. The van der Waals surface area contributed by atoms with Gasteiger partial charge in [0.15, 0.2) is 5.78 Å². The third kappa shape index (κ3) is 4.25. The molecule has 0 bridgehead atoms. The van der Waals surface area contributed by atoms with Gasteiger partial charge in [-0.1, -0.05) is 30.3 Å². The molecule has 0 spiro atoms. The second kappa shape index (κ2) is 9.53. The number of esters is 1. The number of allylic oxidation sites excluding steroid dienone is 3. The van der Waals surface area contributed by atoms with Crippen molar-refractivity contribution in [3.05, 3.63) is 82.2 Å². The minimum atomic E-state index is -0.541. The lowest BCUT2D eigenvalue weighted by atomic mass is 9.71. The van der Waals surface area contributed by atoms with Crippen molar-refractivity contribution in [3.63, 3.8) is 0 Å². The molecular weight excluding hydrogens is 418 g/mol. The average molecular weight is 448 g/mol. The highest BCUT2D eigenvalue weighted by molar-refractivity contribution is 6.04. The maximum atomic E-state index is 13.6. The Balaban J connectivity index is 1.80. The molecule has 6 nitrogen and oxygen atoms in total. The van der Waals surface area contributed by atoms with Crippen molar-refractivity contribution in [2.45, 2.75) is 38.5 Å². The Hall–Kier alpha value is -3.54. The Labute approximate surface area is 194 Å². The highest BCUT2D eigenvalue weighted by Gasteiger charge is 2.42. The van der Waals surface area contributed by atoms with Crippen LogP contribution in [0.25, 0.3) is 0 Å². The molecule has 1 aliphatic carbocycles. The number of ether oxygens (including phenoxy) is 3. The molecule has 1 N–H and O–H groups in total. The van der Waals surface area contributed by atoms with E-state index in [4.69, 9.17) is 14.2 Å². The summed E-state index contributed by atoms with van der Waals surface area (Å²) in [6.45, 7) is 3.89. The Kier molecular flexibility index (Phi) is 6.54. The minimum absolute atomic E-state index is 0.0229. The molecule has 0 radical (unpaired) electrons. The summed E-state index contributed by atoms with van der Waals surface area (Å²) < 4.78 is 16.3. The van der Waals surface area contributed by atoms with Crippen molar-refractivity contribution >= 4 is 11.8 Å². The van der Waals surface area contributed by atoms with Crippen LogP contribution < -0.4 is 14.8 Å². The van der Waals surface area contributed by atoms with Gasteiger partial charge in [0, 0.05) is 29.0 Å². The highest BCUT2D eigenvalue weighted by atomic mass is 16.5. The highest BCUT2D eigenvalue weighted by Crippen LogP contribution is 2.47. The lowest BCUT2D eigenvalue weighted by molar-refractivity contribution is -0.138. The maximum Gasteiger partial charge on any atom is 0.336 e. The van der Waals surface area contributed by atoms with E-state index in [9.17, 15) is 9.59 Å². The summed E-state index contributed by atoms with van der Waals surface area (Å²) in [7, 11) is 3.23. The van der Waals surface area contributed by atoms with Gasteiger partial charge in [-0.25, -0.2) is 4.79 Å². The molecule has 0 saturated heterocycles. The molecule has 1 aliphatic heterocycles. The third-order valence-electron chi connectivity index (χ3n) is 6.36. The van der Waals surface area contributed by atoms with E-state index in [1.807, 2.05) is 55.5 Å². The van der Waals surface area contributed by atoms with Gasteiger partial charge in [-0.15, -0.1) is 0 Å². The number of Topliss-reactive ketones (excluding diaryl/α,β-unsaturated/α-hetero) is 1. The Morgan fingerprint density at radius 2 is 1.76 bits per heavy atom. The number of dihydropyridines is 1. The first-order valence-electron chi connectivity index (χ1n) is 11.2. The minimum Gasteiger partial charge on any atom is -0.497 e. The predicted octanol–water partition coefficient (Wildman–Crippen LogP) is 4.63. The van der Waals surface area contributed by atoms with E-state index in [1.54, 1.807) is 21.1 Å². The largest absolute Gasteiger partial charge is 0.497 e. The topological polar surface area (TPSA) is 73.9 Å². The van der Waals surface area contributed by atoms with Gasteiger partial charge < -0.3 is 19.5 Å². The molecule has 2 atom stereocenters. The first-order valence-corrected chi connectivity index (χ1v) is 11.2. The molecule has 0 saturated carbocycles. The fourth-order valence-corrected chi connectivity index (χ4v) is 4.85. The van der Waals surface area contributed by atoms with Crippen LogP contribution >= 0.6 is 0 Å². The lowest BCUT2D eigenvalue weighted by Gasteiger charge is -2.37. The summed E-state index contributed by atoms with van der Waals surface area (Å²) in [4.78, 5) is 26.6. The van der Waals surface area contributed by atoms with Crippen molar-refractivity contribution in [3.8, 4) is 11.5 Å². The first kappa shape index (κ1) is 22.6. The predicted molar refractivity (Wildman–Crippen MR) is 125 cm³/mol. The van der Waals surface area contributed by atoms with Crippen LogP contribution in [0.3, 0.4) is 0 Å². The summed E-state index contributed by atoms with van der Waals surface area (Å²) in [5.74, 6) is 0.525. The number of para-hydroxylation sites is 1. The Morgan fingerprint density at radius 3 is 2.42 bits per heavy atom. The van der Waals surface area contributed by atoms with E-state index < -0.39 is 11.9 Å². The number of hydrogen-bond donors (Lipinski definition) is 1.